The predicted octanol–water partition coefficient (Wildman–Crippen LogP) is 3.52. The summed E-state index contributed by atoms with van der Waals surface area (Å²) in [5, 5.41) is 22.2. The van der Waals surface area contributed by atoms with Crippen LogP contribution in [0.25, 0.3) is 22.1 Å². The van der Waals surface area contributed by atoms with Gasteiger partial charge in [0.05, 0.1) is 5.56 Å². The Balaban J connectivity index is 1.65. The second-order valence-electron chi connectivity index (χ2n) is 6.08. The van der Waals surface area contributed by atoms with E-state index in [0.29, 0.717) is 16.8 Å². The molecule has 0 saturated carbocycles. The van der Waals surface area contributed by atoms with Gasteiger partial charge in [0.1, 0.15) is 28.7 Å². The Morgan fingerprint density at radius 2 is 1.71 bits per heavy atom. The van der Waals surface area contributed by atoms with Crippen molar-refractivity contribution in [2.24, 2.45) is 0 Å². The number of phenolic OH excluding ortho intramolecular Hbond substituents is 2. The van der Waals surface area contributed by atoms with Crippen molar-refractivity contribution in [3.8, 4) is 22.6 Å². The van der Waals surface area contributed by atoms with Crippen LogP contribution in [0.5, 0.6) is 11.5 Å². The van der Waals surface area contributed by atoms with E-state index in [1.807, 2.05) is 0 Å². The van der Waals surface area contributed by atoms with Crippen LogP contribution in [0.2, 0.25) is 0 Å². The second kappa shape index (κ2) is 6.88. The van der Waals surface area contributed by atoms with Crippen molar-refractivity contribution >= 4 is 22.6 Å². The van der Waals surface area contributed by atoms with Gasteiger partial charge in [-0.15, -0.1) is 0 Å². The first-order valence-corrected chi connectivity index (χ1v) is 8.32. The highest BCUT2D eigenvalue weighted by Gasteiger charge is 2.14. The highest BCUT2D eigenvalue weighted by molar-refractivity contribution is 6.04. The number of carbonyl (C=O) groups excluding carboxylic acids is 1. The minimum absolute atomic E-state index is 0.00892. The molecule has 138 valence electrons. The molecule has 28 heavy (non-hydrogen) atoms. The summed E-state index contributed by atoms with van der Waals surface area (Å²) in [6.45, 7) is 0. The Morgan fingerprint density at radius 3 is 2.43 bits per heavy atom. The smallest absolute Gasteiger partial charge is 0.255 e. The summed E-state index contributed by atoms with van der Waals surface area (Å²) in [6, 6.07) is 12.2. The van der Waals surface area contributed by atoms with Crippen LogP contribution in [0.1, 0.15) is 10.4 Å². The number of aromatic nitrogens is 1. The lowest BCUT2D eigenvalue weighted by atomic mass is 10.0. The molecule has 0 fully saturated rings. The van der Waals surface area contributed by atoms with Gasteiger partial charge in [0.15, 0.2) is 0 Å². The maximum Gasteiger partial charge on any atom is 0.255 e. The third kappa shape index (κ3) is 3.16. The largest absolute Gasteiger partial charge is 0.508 e. The lowest BCUT2D eigenvalue weighted by Crippen LogP contribution is -2.11. The number of amides is 1. The van der Waals surface area contributed by atoms with E-state index < -0.39 is 5.43 Å². The van der Waals surface area contributed by atoms with Gasteiger partial charge >= 0.3 is 0 Å². The van der Waals surface area contributed by atoms with Gasteiger partial charge in [-0.25, -0.2) is 0 Å². The zero-order chi connectivity index (χ0) is 19.7. The van der Waals surface area contributed by atoms with Crippen molar-refractivity contribution in [2.75, 3.05) is 5.32 Å². The summed E-state index contributed by atoms with van der Waals surface area (Å²) in [6.07, 6.45) is 4.34. The Hall–Kier alpha value is -4.13. The minimum atomic E-state index is -0.424. The molecule has 2 aromatic heterocycles. The third-order valence-electron chi connectivity index (χ3n) is 4.24. The number of hydrogen-bond donors (Lipinski definition) is 3. The highest BCUT2D eigenvalue weighted by atomic mass is 16.3. The number of pyridine rings is 1. The predicted molar refractivity (Wildman–Crippen MR) is 103 cm³/mol. The molecule has 0 saturated heterocycles. The van der Waals surface area contributed by atoms with Gasteiger partial charge in [0, 0.05) is 35.8 Å². The topological polar surface area (TPSA) is 113 Å². The van der Waals surface area contributed by atoms with E-state index in [-0.39, 0.29) is 33.9 Å². The fraction of sp³-hybridized carbons (Fsp3) is 0. The van der Waals surface area contributed by atoms with Crippen LogP contribution < -0.4 is 10.7 Å². The number of aromatic hydroxyl groups is 2. The van der Waals surface area contributed by atoms with E-state index in [2.05, 4.69) is 10.3 Å². The normalized spacial score (nSPS) is 10.7. The van der Waals surface area contributed by atoms with Crippen LogP contribution >= 0.6 is 0 Å². The van der Waals surface area contributed by atoms with E-state index in [9.17, 15) is 19.8 Å². The summed E-state index contributed by atoms with van der Waals surface area (Å²) < 4.78 is 5.40. The molecular formula is C21H14N2O5. The molecule has 0 radical (unpaired) electrons. The molecule has 7 nitrogen and oxygen atoms in total. The maximum atomic E-state index is 12.7. The molecule has 3 N–H and O–H groups in total. The van der Waals surface area contributed by atoms with Gasteiger partial charge in [-0.05, 0) is 29.8 Å². The van der Waals surface area contributed by atoms with Crippen molar-refractivity contribution in [3.63, 3.8) is 0 Å². The van der Waals surface area contributed by atoms with Crippen LogP contribution in [0.3, 0.4) is 0 Å². The zero-order valence-corrected chi connectivity index (χ0v) is 14.4. The fourth-order valence-electron chi connectivity index (χ4n) is 2.86. The van der Waals surface area contributed by atoms with E-state index in [1.54, 1.807) is 36.4 Å². The summed E-state index contributed by atoms with van der Waals surface area (Å²) in [4.78, 5) is 28.8. The number of fused-ring (bicyclic) bond motifs is 1. The van der Waals surface area contributed by atoms with Crippen molar-refractivity contribution in [1.82, 2.24) is 4.98 Å². The van der Waals surface area contributed by atoms with Crippen molar-refractivity contribution in [2.45, 2.75) is 0 Å². The summed E-state index contributed by atoms with van der Waals surface area (Å²) in [7, 11) is 0. The van der Waals surface area contributed by atoms with Crippen LogP contribution in [0, 0.1) is 0 Å². The molecule has 0 unspecified atom stereocenters. The highest BCUT2D eigenvalue weighted by Crippen LogP contribution is 2.29. The number of nitrogens with zero attached hydrogens (tertiary/aromatic N) is 1. The van der Waals surface area contributed by atoms with Gasteiger partial charge in [0.25, 0.3) is 5.91 Å². The van der Waals surface area contributed by atoms with E-state index in [1.165, 1.54) is 24.7 Å². The Morgan fingerprint density at radius 1 is 1.00 bits per heavy atom. The number of phenols is 2. The van der Waals surface area contributed by atoms with Crippen LogP contribution in [0.4, 0.5) is 5.69 Å². The van der Waals surface area contributed by atoms with Gasteiger partial charge in [-0.1, -0.05) is 12.1 Å². The number of carbonyl (C=O) groups is 1. The van der Waals surface area contributed by atoms with E-state index >= 15 is 0 Å². The first-order valence-electron chi connectivity index (χ1n) is 8.32. The Labute approximate surface area is 158 Å². The lowest BCUT2D eigenvalue weighted by Gasteiger charge is -2.07. The summed E-state index contributed by atoms with van der Waals surface area (Å²) in [5.74, 6) is -0.827. The van der Waals surface area contributed by atoms with Crippen molar-refractivity contribution in [3.05, 3.63) is 83.0 Å². The number of nitrogens with one attached hydrogen (secondary N) is 1. The molecule has 1 amide bonds. The molecule has 2 aromatic carbocycles. The maximum absolute atomic E-state index is 12.7. The Kier molecular flexibility index (Phi) is 4.25. The standard InChI is InChI=1S/C21H14N2O5/c24-15-9-17(25)19-18(10-15)28-11-16(20(19)26)12-1-3-14(4-2-12)23-21(27)13-5-7-22-8-6-13/h1-11,24-25H,(H,23,27). The number of hydrogen-bond acceptors (Lipinski definition) is 6. The molecule has 7 heteroatoms. The fourth-order valence-corrected chi connectivity index (χ4v) is 2.86. The molecule has 0 aliphatic heterocycles. The monoisotopic (exact) mass is 374 g/mol. The summed E-state index contributed by atoms with van der Waals surface area (Å²) in [5.41, 5.74) is 1.52. The quantitative estimate of drug-likeness (QED) is 0.506. The van der Waals surface area contributed by atoms with Crippen LogP contribution in [-0.4, -0.2) is 21.1 Å². The zero-order valence-electron chi connectivity index (χ0n) is 14.4. The average Bonchev–Trinajstić information content (AvgIpc) is 2.69. The molecule has 0 bridgehead atoms. The Bertz CT molecular complexity index is 1230. The van der Waals surface area contributed by atoms with Gasteiger partial charge < -0.3 is 19.9 Å². The first-order chi connectivity index (χ1) is 13.5. The minimum Gasteiger partial charge on any atom is -0.508 e. The molecule has 4 aromatic rings. The molecule has 0 aliphatic rings. The van der Waals surface area contributed by atoms with Crippen LogP contribution in [-0.2, 0) is 0 Å². The van der Waals surface area contributed by atoms with Gasteiger partial charge in [-0.2, -0.15) is 0 Å². The molecule has 0 aliphatic carbocycles. The van der Waals surface area contributed by atoms with Crippen molar-refractivity contribution < 1.29 is 19.4 Å². The van der Waals surface area contributed by atoms with E-state index in [4.69, 9.17) is 4.42 Å². The molecular weight excluding hydrogens is 360 g/mol. The van der Waals surface area contributed by atoms with Gasteiger partial charge in [-0.3, -0.25) is 14.6 Å². The average molecular weight is 374 g/mol. The molecule has 2 heterocycles. The molecule has 4 rings (SSSR count). The molecule has 0 atom stereocenters. The van der Waals surface area contributed by atoms with Gasteiger partial charge in [0.2, 0.25) is 5.43 Å². The summed E-state index contributed by atoms with van der Waals surface area (Å²) >= 11 is 0. The SMILES string of the molecule is O=C(Nc1ccc(-c2coc3cc(O)cc(O)c3c2=O)cc1)c1ccncc1. The number of rotatable bonds is 3. The number of benzene rings is 2. The van der Waals surface area contributed by atoms with Crippen LogP contribution in [0.15, 0.2) is 76.4 Å². The number of anilines is 1. The van der Waals surface area contributed by atoms with E-state index in [0.717, 1.165) is 6.07 Å². The second-order valence-corrected chi connectivity index (χ2v) is 6.08. The van der Waals surface area contributed by atoms with Crippen molar-refractivity contribution in [1.29, 1.82) is 0 Å². The lowest BCUT2D eigenvalue weighted by molar-refractivity contribution is 0.102. The third-order valence-corrected chi connectivity index (χ3v) is 4.24. The molecule has 0 spiro atoms. The first kappa shape index (κ1) is 17.3.